The lowest BCUT2D eigenvalue weighted by Crippen LogP contribution is -2.27. The molecular formula is C25H22N4O5. The van der Waals surface area contributed by atoms with Gasteiger partial charge in [-0.3, -0.25) is 19.3 Å². The molecule has 4 aromatic rings. The molecule has 2 N–H and O–H groups in total. The van der Waals surface area contributed by atoms with Gasteiger partial charge in [0.05, 0.1) is 18.9 Å². The third-order valence-corrected chi connectivity index (χ3v) is 5.06. The molecule has 0 unspecified atom stereocenters. The highest BCUT2D eigenvalue weighted by molar-refractivity contribution is 5.99. The van der Waals surface area contributed by atoms with Gasteiger partial charge in [-0.1, -0.05) is 48.5 Å². The number of anilines is 1. The number of ether oxygens (including phenoxy) is 2. The van der Waals surface area contributed by atoms with Gasteiger partial charge in [0.1, 0.15) is 18.0 Å². The van der Waals surface area contributed by atoms with Crippen LogP contribution in [-0.2, 0) is 17.9 Å². The molecule has 0 aliphatic carbocycles. The normalized spacial score (nSPS) is 10.5. The summed E-state index contributed by atoms with van der Waals surface area (Å²) in [5.41, 5.74) is 1.39. The molecule has 2 aromatic carbocycles. The molecule has 0 atom stereocenters. The molecule has 0 radical (unpaired) electrons. The van der Waals surface area contributed by atoms with E-state index in [0.29, 0.717) is 5.75 Å². The Labute approximate surface area is 195 Å². The van der Waals surface area contributed by atoms with E-state index in [2.05, 4.69) is 15.6 Å². The number of hydrogen-bond donors (Lipinski definition) is 2. The lowest BCUT2D eigenvalue weighted by molar-refractivity contribution is 0.0951. The van der Waals surface area contributed by atoms with Crippen LogP contribution < -0.4 is 20.9 Å². The third kappa shape index (κ3) is 5.04. The number of hydrogen-bond acceptors (Lipinski definition) is 6. The zero-order valence-corrected chi connectivity index (χ0v) is 18.4. The van der Waals surface area contributed by atoms with E-state index in [-0.39, 0.29) is 30.0 Å². The molecule has 0 spiro atoms. The van der Waals surface area contributed by atoms with Gasteiger partial charge in [0.15, 0.2) is 5.65 Å². The Kier molecular flexibility index (Phi) is 6.83. The Morgan fingerprint density at radius 1 is 1.00 bits per heavy atom. The summed E-state index contributed by atoms with van der Waals surface area (Å²) in [6, 6.07) is 19.6. The van der Waals surface area contributed by atoms with Crippen LogP contribution in [0.1, 0.15) is 21.5 Å². The molecule has 0 aliphatic heterocycles. The van der Waals surface area contributed by atoms with Crippen LogP contribution in [0.15, 0.2) is 83.9 Å². The number of methoxy groups -OCH3 is 1. The van der Waals surface area contributed by atoms with Crippen molar-refractivity contribution >= 4 is 23.3 Å². The van der Waals surface area contributed by atoms with E-state index >= 15 is 0 Å². The first-order chi connectivity index (χ1) is 16.6. The molecule has 2 aromatic heterocycles. The largest absolute Gasteiger partial charge is 0.496 e. The van der Waals surface area contributed by atoms with Crippen molar-refractivity contribution in [2.45, 2.75) is 13.2 Å². The summed E-state index contributed by atoms with van der Waals surface area (Å²) in [7, 11) is 1.56. The number of amides is 2. The molecule has 0 aliphatic rings. The lowest BCUT2D eigenvalue weighted by Gasteiger charge is -2.11. The second-order valence-corrected chi connectivity index (χ2v) is 7.27. The van der Waals surface area contributed by atoms with Crippen molar-refractivity contribution < 1.29 is 19.1 Å². The van der Waals surface area contributed by atoms with Crippen molar-refractivity contribution in [3.8, 4) is 5.75 Å². The van der Waals surface area contributed by atoms with E-state index in [9.17, 15) is 14.4 Å². The summed E-state index contributed by atoms with van der Waals surface area (Å²) in [5.74, 6) is 0.254. The first kappa shape index (κ1) is 22.5. The predicted molar refractivity (Wildman–Crippen MR) is 126 cm³/mol. The molecule has 0 fully saturated rings. The van der Waals surface area contributed by atoms with Gasteiger partial charge in [-0.2, -0.15) is 0 Å². The van der Waals surface area contributed by atoms with Crippen molar-refractivity contribution in [2.75, 3.05) is 12.4 Å². The van der Waals surface area contributed by atoms with Gasteiger partial charge in [-0.05, 0) is 23.8 Å². The molecule has 2 heterocycles. The minimum absolute atomic E-state index is 0.0610. The molecule has 2 amide bonds. The van der Waals surface area contributed by atoms with Crippen molar-refractivity contribution in [1.82, 2.24) is 14.7 Å². The minimum Gasteiger partial charge on any atom is -0.496 e. The number of rotatable bonds is 7. The monoisotopic (exact) mass is 458 g/mol. The minimum atomic E-state index is -0.784. The molecule has 34 heavy (non-hydrogen) atoms. The zero-order chi connectivity index (χ0) is 23.9. The molecule has 0 saturated heterocycles. The number of nitrogens with zero attached hydrogens (tertiary/aromatic N) is 2. The average molecular weight is 458 g/mol. The molecule has 172 valence electrons. The van der Waals surface area contributed by atoms with Crippen LogP contribution in [0.3, 0.4) is 0 Å². The third-order valence-electron chi connectivity index (χ3n) is 5.06. The van der Waals surface area contributed by atoms with E-state index in [4.69, 9.17) is 9.47 Å². The van der Waals surface area contributed by atoms with Gasteiger partial charge >= 0.3 is 6.09 Å². The highest BCUT2D eigenvalue weighted by Gasteiger charge is 2.16. The fourth-order valence-electron chi connectivity index (χ4n) is 3.36. The van der Waals surface area contributed by atoms with Gasteiger partial charge in [0, 0.05) is 18.3 Å². The standard InChI is InChI=1S/C25H22N4O5/c1-33-21-12-6-5-10-18(21)14-27-23(30)19-11-7-13-29-22(19)26-15-20(24(29)31)28-25(32)34-16-17-8-3-2-4-9-17/h2-13,15H,14,16H2,1H3,(H,27,30)(H,28,32). The van der Waals surface area contributed by atoms with Crippen LogP contribution in [0.2, 0.25) is 0 Å². The lowest BCUT2D eigenvalue weighted by atomic mass is 10.2. The number of benzene rings is 2. The highest BCUT2D eigenvalue weighted by Crippen LogP contribution is 2.17. The van der Waals surface area contributed by atoms with Gasteiger partial charge in [-0.25, -0.2) is 9.78 Å². The Bertz CT molecular complexity index is 1390. The van der Waals surface area contributed by atoms with Crippen LogP contribution in [0.4, 0.5) is 10.5 Å². The zero-order valence-electron chi connectivity index (χ0n) is 18.4. The summed E-state index contributed by atoms with van der Waals surface area (Å²) >= 11 is 0. The number of pyridine rings is 1. The van der Waals surface area contributed by atoms with E-state index < -0.39 is 17.6 Å². The predicted octanol–water partition coefficient (Wildman–Crippen LogP) is 3.38. The van der Waals surface area contributed by atoms with Crippen molar-refractivity contribution in [2.24, 2.45) is 0 Å². The van der Waals surface area contributed by atoms with E-state index in [0.717, 1.165) is 11.1 Å². The molecule has 9 nitrogen and oxygen atoms in total. The van der Waals surface area contributed by atoms with Crippen molar-refractivity contribution in [3.05, 3.63) is 106 Å². The molecule has 0 saturated carbocycles. The van der Waals surface area contributed by atoms with Crippen LogP contribution in [0, 0.1) is 0 Å². The topological polar surface area (TPSA) is 111 Å². The van der Waals surface area contributed by atoms with Crippen LogP contribution in [0.5, 0.6) is 5.75 Å². The second kappa shape index (κ2) is 10.3. The quantitative estimate of drug-likeness (QED) is 0.439. The summed E-state index contributed by atoms with van der Waals surface area (Å²) in [6.45, 7) is 0.298. The number of para-hydroxylation sites is 1. The first-order valence-corrected chi connectivity index (χ1v) is 10.4. The first-order valence-electron chi connectivity index (χ1n) is 10.4. The van der Waals surface area contributed by atoms with E-state index in [1.54, 1.807) is 25.3 Å². The number of fused-ring (bicyclic) bond motifs is 1. The van der Waals surface area contributed by atoms with Gasteiger partial charge < -0.3 is 14.8 Å². The van der Waals surface area contributed by atoms with Crippen molar-refractivity contribution in [1.29, 1.82) is 0 Å². The summed E-state index contributed by atoms with van der Waals surface area (Å²) in [6.07, 6.45) is 1.90. The molecular weight excluding hydrogens is 436 g/mol. The maximum absolute atomic E-state index is 12.9. The van der Waals surface area contributed by atoms with E-state index in [1.165, 1.54) is 16.8 Å². The van der Waals surface area contributed by atoms with Crippen LogP contribution in [-0.4, -0.2) is 28.5 Å². The Morgan fingerprint density at radius 2 is 1.76 bits per heavy atom. The van der Waals surface area contributed by atoms with Gasteiger partial charge in [-0.15, -0.1) is 0 Å². The average Bonchev–Trinajstić information content (AvgIpc) is 2.88. The van der Waals surface area contributed by atoms with Crippen LogP contribution >= 0.6 is 0 Å². The number of carbonyl (C=O) groups excluding carboxylic acids is 2. The maximum Gasteiger partial charge on any atom is 0.412 e. The van der Waals surface area contributed by atoms with Crippen LogP contribution in [0.25, 0.3) is 5.65 Å². The Hall–Kier alpha value is -4.66. The number of aromatic nitrogens is 2. The number of carbonyl (C=O) groups is 2. The summed E-state index contributed by atoms with van der Waals surface area (Å²) in [4.78, 5) is 42.1. The highest BCUT2D eigenvalue weighted by atomic mass is 16.5. The summed E-state index contributed by atoms with van der Waals surface area (Å²) in [5, 5.41) is 5.23. The molecule has 4 rings (SSSR count). The van der Waals surface area contributed by atoms with Gasteiger partial charge in [0.2, 0.25) is 0 Å². The van der Waals surface area contributed by atoms with E-state index in [1.807, 2.05) is 48.5 Å². The fraction of sp³-hybridized carbons (Fsp3) is 0.120. The SMILES string of the molecule is COc1ccccc1CNC(=O)c1cccn2c(=O)c(NC(=O)OCc3ccccc3)cnc12. The maximum atomic E-state index is 12.9. The van der Waals surface area contributed by atoms with Crippen molar-refractivity contribution in [3.63, 3.8) is 0 Å². The fourth-order valence-corrected chi connectivity index (χ4v) is 3.36. The second-order valence-electron chi connectivity index (χ2n) is 7.27. The smallest absolute Gasteiger partial charge is 0.412 e. The molecule has 0 bridgehead atoms. The summed E-state index contributed by atoms with van der Waals surface area (Å²) < 4.78 is 11.7. The Morgan fingerprint density at radius 3 is 2.56 bits per heavy atom. The van der Waals surface area contributed by atoms with Gasteiger partial charge in [0.25, 0.3) is 11.5 Å². The molecule has 9 heteroatoms. The Balaban J connectivity index is 1.49. The number of nitrogens with one attached hydrogen (secondary N) is 2.